The van der Waals surface area contributed by atoms with Crippen LogP contribution in [0, 0.1) is 0 Å². The van der Waals surface area contributed by atoms with E-state index in [2.05, 4.69) is 6.92 Å². The molecule has 26 heavy (non-hydrogen) atoms. The van der Waals surface area contributed by atoms with Gasteiger partial charge >= 0.3 is 5.97 Å². The van der Waals surface area contributed by atoms with E-state index in [0.717, 1.165) is 40.8 Å². The highest BCUT2D eigenvalue weighted by molar-refractivity contribution is 8.18. The Kier molecular flexibility index (Phi) is 7.72. The van der Waals surface area contributed by atoms with E-state index in [1.807, 2.05) is 12.1 Å². The van der Waals surface area contributed by atoms with Gasteiger partial charge in [-0.1, -0.05) is 44.7 Å². The molecule has 0 saturated carbocycles. The average molecular weight is 377 g/mol. The first-order valence-corrected chi connectivity index (χ1v) is 9.53. The van der Waals surface area contributed by atoms with Crippen molar-refractivity contribution in [1.29, 1.82) is 0 Å². The van der Waals surface area contributed by atoms with E-state index in [0.29, 0.717) is 6.61 Å². The maximum atomic E-state index is 12.1. The summed E-state index contributed by atoms with van der Waals surface area (Å²) in [4.78, 5) is 35.5. The SMILES string of the molecule is CCCCCCCOc1ccc(/C=C2/SC(=O)N(CC(=O)O)C2=O)cc1. The fourth-order valence-corrected chi connectivity index (χ4v) is 3.32. The minimum Gasteiger partial charge on any atom is -0.494 e. The molecule has 2 rings (SSSR count). The van der Waals surface area contributed by atoms with Gasteiger partial charge in [0.15, 0.2) is 0 Å². The fourth-order valence-electron chi connectivity index (χ4n) is 2.48. The van der Waals surface area contributed by atoms with Gasteiger partial charge in [0.05, 0.1) is 11.5 Å². The Morgan fingerprint density at radius 2 is 1.85 bits per heavy atom. The smallest absolute Gasteiger partial charge is 0.323 e. The van der Waals surface area contributed by atoms with Crippen LogP contribution in [0.2, 0.25) is 0 Å². The number of imide groups is 1. The zero-order valence-corrected chi connectivity index (χ0v) is 15.6. The number of thioether (sulfide) groups is 1. The number of carboxylic acids is 1. The monoisotopic (exact) mass is 377 g/mol. The van der Waals surface area contributed by atoms with E-state index < -0.39 is 23.7 Å². The molecule has 1 N–H and O–H groups in total. The topological polar surface area (TPSA) is 83.9 Å². The van der Waals surface area contributed by atoms with Crippen molar-refractivity contribution < 1.29 is 24.2 Å². The number of hydrogen-bond acceptors (Lipinski definition) is 5. The lowest BCUT2D eigenvalue weighted by molar-refractivity contribution is -0.140. The second-order valence-electron chi connectivity index (χ2n) is 5.99. The standard InChI is InChI=1S/C19H23NO5S/c1-2-3-4-5-6-11-25-15-9-7-14(8-10-15)12-16-18(23)20(13-17(21)22)19(24)26-16/h7-10,12H,2-6,11,13H2,1H3,(H,21,22)/b16-12+. The molecule has 140 valence electrons. The van der Waals surface area contributed by atoms with Gasteiger partial charge in [0.1, 0.15) is 12.3 Å². The molecule has 1 aromatic rings. The van der Waals surface area contributed by atoms with Crippen LogP contribution in [0.15, 0.2) is 29.2 Å². The van der Waals surface area contributed by atoms with Crippen LogP contribution < -0.4 is 4.74 Å². The molecule has 1 saturated heterocycles. The fraction of sp³-hybridized carbons (Fsp3) is 0.421. The van der Waals surface area contributed by atoms with Crippen molar-refractivity contribution in [2.45, 2.75) is 39.0 Å². The number of carbonyl (C=O) groups is 3. The molecular weight excluding hydrogens is 354 g/mol. The van der Waals surface area contributed by atoms with E-state index in [1.54, 1.807) is 18.2 Å². The summed E-state index contributed by atoms with van der Waals surface area (Å²) >= 11 is 0.750. The largest absolute Gasteiger partial charge is 0.494 e. The summed E-state index contributed by atoms with van der Waals surface area (Å²) in [6.45, 7) is 2.24. The number of ether oxygens (including phenoxy) is 1. The Morgan fingerprint density at radius 3 is 2.50 bits per heavy atom. The minimum atomic E-state index is -1.22. The number of benzene rings is 1. The molecule has 0 radical (unpaired) electrons. The molecule has 6 nitrogen and oxygen atoms in total. The van der Waals surface area contributed by atoms with Crippen molar-refractivity contribution in [3.8, 4) is 5.75 Å². The summed E-state index contributed by atoms with van der Waals surface area (Å²) in [6.07, 6.45) is 7.48. The number of carboxylic acid groups (broad SMARTS) is 1. The van der Waals surface area contributed by atoms with Crippen molar-refractivity contribution in [3.05, 3.63) is 34.7 Å². The Bertz CT molecular complexity index is 684. The maximum absolute atomic E-state index is 12.1. The van der Waals surface area contributed by atoms with Gasteiger partial charge in [-0.15, -0.1) is 0 Å². The molecule has 0 bridgehead atoms. The zero-order chi connectivity index (χ0) is 18.9. The highest BCUT2D eigenvalue weighted by atomic mass is 32.2. The van der Waals surface area contributed by atoms with Crippen molar-refractivity contribution in [1.82, 2.24) is 4.90 Å². The van der Waals surface area contributed by atoms with E-state index in [4.69, 9.17) is 9.84 Å². The lowest BCUT2D eigenvalue weighted by atomic mass is 10.2. The number of aliphatic carboxylic acids is 1. The van der Waals surface area contributed by atoms with Crippen LogP contribution in [0.4, 0.5) is 4.79 Å². The van der Waals surface area contributed by atoms with Crippen LogP contribution in [0.5, 0.6) is 5.75 Å². The quantitative estimate of drug-likeness (QED) is 0.487. The van der Waals surface area contributed by atoms with Gasteiger partial charge < -0.3 is 9.84 Å². The Morgan fingerprint density at radius 1 is 1.15 bits per heavy atom. The van der Waals surface area contributed by atoms with Gasteiger partial charge in [-0.25, -0.2) is 0 Å². The van der Waals surface area contributed by atoms with Crippen LogP contribution in [0.3, 0.4) is 0 Å². The van der Waals surface area contributed by atoms with Gasteiger partial charge in [0, 0.05) is 0 Å². The molecule has 0 atom stereocenters. The summed E-state index contributed by atoms with van der Waals surface area (Å²) in [6, 6.07) is 7.24. The first-order valence-electron chi connectivity index (χ1n) is 8.71. The summed E-state index contributed by atoms with van der Waals surface area (Å²) in [5.41, 5.74) is 0.751. The predicted octanol–water partition coefficient (Wildman–Crippen LogP) is 4.16. The highest BCUT2D eigenvalue weighted by Gasteiger charge is 2.36. The molecule has 0 unspecified atom stereocenters. The zero-order valence-electron chi connectivity index (χ0n) is 14.8. The van der Waals surface area contributed by atoms with Gasteiger partial charge in [0.25, 0.3) is 11.1 Å². The van der Waals surface area contributed by atoms with E-state index in [9.17, 15) is 14.4 Å². The van der Waals surface area contributed by atoms with Crippen LogP contribution in [0.25, 0.3) is 6.08 Å². The van der Waals surface area contributed by atoms with Gasteiger partial charge in [-0.2, -0.15) is 0 Å². The van der Waals surface area contributed by atoms with Gasteiger partial charge in [-0.3, -0.25) is 19.3 Å². The summed E-state index contributed by atoms with van der Waals surface area (Å²) < 4.78 is 5.69. The number of rotatable bonds is 10. The molecule has 1 heterocycles. The second-order valence-corrected chi connectivity index (χ2v) is 6.99. The molecular formula is C19H23NO5S. The predicted molar refractivity (Wildman–Crippen MR) is 101 cm³/mol. The third-order valence-electron chi connectivity index (χ3n) is 3.86. The van der Waals surface area contributed by atoms with E-state index in [-0.39, 0.29) is 4.91 Å². The second kappa shape index (κ2) is 10.0. The van der Waals surface area contributed by atoms with E-state index in [1.165, 1.54) is 19.3 Å². The van der Waals surface area contributed by atoms with Crippen molar-refractivity contribution in [3.63, 3.8) is 0 Å². The minimum absolute atomic E-state index is 0.223. The Labute approximate surface area is 157 Å². The highest BCUT2D eigenvalue weighted by Crippen LogP contribution is 2.32. The molecule has 1 aliphatic rings. The van der Waals surface area contributed by atoms with Crippen LogP contribution >= 0.6 is 11.8 Å². The molecule has 0 aliphatic carbocycles. The lowest BCUT2D eigenvalue weighted by Gasteiger charge is -2.08. The number of unbranched alkanes of at least 4 members (excludes halogenated alkanes) is 4. The number of hydrogen-bond donors (Lipinski definition) is 1. The van der Waals surface area contributed by atoms with Crippen molar-refractivity contribution >= 4 is 35.0 Å². The summed E-state index contributed by atoms with van der Waals surface area (Å²) in [5, 5.41) is 8.20. The van der Waals surface area contributed by atoms with Crippen molar-refractivity contribution in [2.75, 3.05) is 13.2 Å². The molecule has 1 fully saturated rings. The normalized spacial score (nSPS) is 15.7. The third kappa shape index (κ3) is 5.91. The van der Waals surface area contributed by atoms with Gasteiger partial charge in [-0.05, 0) is 42.0 Å². The Balaban J connectivity index is 1.88. The molecule has 0 aromatic heterocycles. The first kappa shape index (κ1) is 20.0. The first-order chi connectivity index (χ1) is 12.5. The Hall–Kier alpha value is -2.28. The molecule has 1 aromatic carbocycles. The lowest BCUT2D eigenvalue weighted by Crippen LogP contribution is -2.33. The van der Waals surface area contributed by atoms with Crippen molar-refractivity contribution in [2.24, 2.45) is 0 Å². The molecule has 1 aliphatic heterocycles. The van der Waals surface area contributed by atoms with Crippen LogP contribution in [-0.2, 0) is 9.59 Å². The molecule has 0 spiro atoms. The van der Waals surface area contributed by atoms with E-state index >= 15 is 0 Å². The van der Waals surface area contributed by atoms with Gasteiger partial charge in [0.2, 0.25) is 0 Å². The third-order valence-corrected chi connectivity index (χ3v) is 4.77. The number of amides is 2. The molecule has 2 amide bonds. The number of carbonyl (C=O) groups excluding carboxylic acids is 2. The van der Waals surface area contributed by atoms with Crippen LogP contribution in [-0.4, -0.2) is 40.3 Å². The summed E-state index contributed by atoms with van der Waals surface area (Å²) in [7, 11) is 0. The molecule has 7 heteroatoms. The summed E-state index contributed by atoms with van der Waals surface area (Å²) in [5.74, 6) is -1.03. The average Bonchev–Trinajstić information content (AvgIpc) is 2.86. The van der Waals surface area contributed by atoms with Crippen LogP contribution in [0.1, 0.15) is 44.6 Å². The maximum Gasteiger partial charge on any atom is 0.323 e. The number of nitrogens with zero attached hydrogens (tertiary/aromatic N) is 1.